The summed E-state index contributed by atoms with van der Waals surface area (Å²) in [6, 6.07) is 3.63. The zero-order valence-electron chi connectivity index (χ0n) is 12.2. The van der Waals surface area contributed by atoms with Gasteiger partial charge in [-0.05, 0) is 25.1 Å². The molecule has 0 radical (unpaired) electrons. The van der Waals surface area contributed by atoms with E-state index in [1.807, 2.05) is 6.08 Å². The van der Waals surface area contributed by atoms with E-state index in [1.165, 1.54) is 23.6 Å². The van der Waals surface area contributed by atoms with Crippen molar-refractivity contribution in [1.29, 1.82) is 0 Å². The molecule has 2 aromatic rings. The van der Waals surface area contributed by atoms with Gasteiger partial charge in [-0.15, -0.1) is 11.3 Å². The second kappa shape index (κ2) is 6.97. The molecule has 2 heterocycles. The maximum absolute atomic E-state index is 13.8. The van der Waals surface area contributed by atoms with Crippen molar-refractivity contribution in [3.63, 3.8) is 0 Å². The van der Waals surface area contributed by atoms with Crippen LogP contribution in [0.3, 0.4) is 0 Å². The molecule has 4 nitrogen and oxygen atoms in total. The molecule has 0 saturated heterocycles. The molecule has 0 aliphatic carbocycles. The van der Waals surface area contributed by atoms with Crippen LogP contribution >= 0.6 is 11.3 Å². The molecule has 0 spiro atoms. The number of nitrogens with one attached hydrogen (secondary N) is 2. The number of rotatable bonds is 4. The minimum Gasteiger partial charge on any atom is -0.347 e. The van der Waals surface area contributed by atoms with Crippen LogP contribution in [0.4, 0.5) is 8.78 Å². The summed E-state index contributed by atoms with van der Waals surface area (Å²) in [7, 11) is 0. The lowest BCUT2D eigenvalue weighted by molar-refractivity contribution is 0.0952. The summed E-state index contributed by atoms with van der Waals surface area (Å²) >= 11 is 1.04. The number of halogens is 2. The Morgan fingerprint density at radius 1 is 1.35 bits per heavy atom. The van der Waals surface area contributed by atoms with E-state index in [2.05, 4.69) is 15.6 Å². The van der Waals surface area contributed by atoms with E-state index in [9.17, 15) is 13.6 Å². The first-order chi connectivity index (χ1) is 11.1. The molecular formula is C16H15F2N3OS. The normalized spacial score (nSPS) is 14.4. The van der Waals surface area contributed by atoms with Crippen molar-refractivity contribution in [2.75, 3.05) is 19.6 Å². The van der Waals surface area contributed by atoms with Crippen LogP contribution in [0.25, 0.3) is 10.6 Å². The SMILES string of the molecule is O=C(NCC1=CCNCC1)c1csc(-c2c(F)cccc2F)n1. The summed E-state index contributed by atoms with van der Waals surface area (Å²) in [4.78, 5) is 16.2. The van der Waals surface area contributed by atoms with Crippen molar-refractivity contribution >= 4 is 17.2 Å². The molecule has 120 valence electrons. The number of amides is 1. The predicted molar refractivity (Wildman–Crippen MR) is 85.4 cm³/mol. The first-order valence-corrected chi connectivity index (χ1v) is 8.10. The van der Waals surface area contributed by atoms with E-state index in [4.69, 9.17) is 0 Å². The van der Waals surface area contributed by atoms with E-state index in [1.54, 1.807) is 0 Å². The number of hydrogen-bond acceptors (Lipinski definition) is 4. The standard InChI is InChI=1S/C16H15F2N3OS/c17-11-2-1-3-12(18)14(11)16-21-13(9-23-16)15(22)20-8-10-4-6-19-7-5-10/h1-4,9,19H,5-8H2,(H,20,22). The van der Waals surface area contributed by atoms with Gasteiger partial charge in [0.2, 0.25) is 0 Å². The van der Waals surface area contributed by atoms with E-state index < -0.39 is 11.6 Å². The van der Waals surface area contributed by atoms with E-state index in [0.29, 0.717) is 6.54 Å². The minimum absolute atomic E-state index is 0.159. The van der Waals surface area contributed by atoms with E-state index >= 15 is 0 Å². The quantitative estimate of drug-likeness (QED) is 0.845. The summed E-state index contributed by atoms with van der Waals surface area (Å²) < 4.78 is 27.5. The third-order valence-electron chi connectivity index (χ3n) is 3.55. The van der Waals surface area contributed by atoms with Crippen molar-refractivity contribution in [1.82, 2.24) is 15.6 Å². The lowest BCUT2D eigenvalue weighted by Gasteiger charge is -2.14. The van der Waals surface area contributed by atoms with Crippen LogP contribution in [-0.4, -0.2) is 30.5 Å². The Kier molecular flexibility index (Phi) is 4.78. The molecule has 1 aliphatic rings. The van der Waals surface area contributed by atoms with Crippen molar-refractivity contribution in [3.05, 3.63) is 52.6 Å². The molecule has 0 saturated carbocycles. The number of benzene rings is 1. The Balaban J connectivity index is 1.71. The molecule has 1 aromatic heterocycles. The number of hydrogen-bond donors (Lipinski definition) is 2. The topological polar surface area (TPSA) is 54.0 Å². The van der Waals surface area contributed by atoms with Crippen LogP contribution in [0.5, 0.6) is 0 Å². The number of carbonyl (C=O) groups is 1. The highest BCUT2D eigenvalue weighted by molar-refractivity contribution is 7.13. The third-order valence-corrected chi connectivity index (χ3v) is 4.41. The van der Waals surface area contributed by atoms with Gasteiger partial charge < -0.3 is 10.6 Å². The molecule has 3 rings (SSSR count). The van der Waals surface area contributed by atoms with Gasteiger partial charge >= 0.3 is 0 Å². The van der Waals surface area contributed by atoms with Crippen molar-refractivity contribution in [2.24, 2.45) is 0 Å². The van der Waals surface area contributed by atoms with Gasteiger partial charge in [-0.25, -0.2) is 13.8 Å². The molecular weight excluding hydrogens is 320 g/mol. The molecule has 23 heavy (non-hydrogen) atoms. The predicted octanol–water partition coefficient (Wildman–Crippen LogP) is 2.74. The van der Waals surface area contributed by atoms with E-state index in [-0.39, 0.29) is 22.2 Å². The Labute approximate surface area is 136 Å². The lowest BCUT2D eigenvalue weighted by Crippen LogP contribution is -2.29. The Morgan fingerprint density at radius 2 is 2.13 bits per heavy atom. The van der Waals surface area contributed by atoms with Gasteiger partial charge in [0.05, 0.1) is 5.56 Å². The van der Waals surface area contributed by atoms with Crippen LogP contribution < -0.4 is 10.6 Å². The molecule has 1 aromatic carbocycles. The van der Waals surface area contributed by atoms with Crippen molar-refractivity contribution < 1.29 is 13.6 Å². The van der Waals surface area contributed by atoms with Crippen LogP contribution in [-0.2, 0) is 0 Å². The Morgan fingerprint density at radius 3 is 2.83 bits per heavy atom. The number of nitrogens with zero attached hydrogens (tertiary/aromatic N) is 1. The molecule has 0 atom stereocenters. The zero-order valence-corrected chi connectivity index (χ0v) is 13.1. The maximum atomic E-state index is 13.8. The van der Waals surface area contributed by atoms with Gasteiger partial charge in [-0.2, -0.15) is 0 Å². The van der Waals surface area contributed by atoms with Gasteiger partial charge in [-0.1, -0.05) is 17.7 Å². The second-order valence-corrected chi connectivity index (χ2v) is 5.99. The molecule has 1 aliphatic heterocycles. The Bertz CT molecular complexity index is 737. The summed E-state index contributed by atoms with van der Waals surface area (Å²) in [6.07, 6.45) is 2.94. The fraction of sp³-hybridized carbons (Fsp3) is 0.250. The lowest BCUT2D eigenvalue weighted by atomic mass is 10.1. The van der Waals surface area contributed by atoms with Gasteiger partial charge in [0.25, 0.3) is 5.91 Å². The molecule has 0 bridgehead atoms. The van der Waals surface area contributed by atoms with Crippen LogP contribution in [0, 0.1) is 11.6 Å². The molecule has 1 amide bonds. The molecule has 7 heteroatoms. The molecule has 2 N–H and O–H groups in total. The highest BCUT2D eigenvalue weighted by Crippen LogP contribution is 2.28. The van der Waals surface area contributed by atoms with Gasteiger partial charge in [0, 0.05) is 18.5 Å². The Hall–Kier alpha value is -2.12. The van der Waals surface area contributed by atoms with E-state index in [0.717, 1.165) is 36.4 Å². The van der Waals surface area contributed by atoms with Crippen molar-refractivity contribution in [2.45, 2.75) is 6.42 Å². The summed E-state index contributed by atoms with van der Waals surface area (Å²) in [5.41, 5.74) is 1.13. The van der Waals surface area contributed by atoms with Crippen LogP contribution in [0.2, 0.25) is 0 Å². The number of carbonyl (C=O) groups excluding carboxylic acids is 1. The first kappa shape index (κ1) is 15.8. The van der Waals surface area contributed by atoms with Gasteiger partial charge in [0.15, 0.2) is 0 Å². The average molecular weight is 335 g/mol. The monoisotopic (exact) mass is 335 g/mol. The second-order valence-electron chi connectivity index (χ2n) is 5.13. The third kappa shape index (κ3) is 3.62. The molecule has 0 fully saturated rings. The zero-order chi connectivity index (χ0) is 16.2. The van der Waals surface area contributed by atoms with Gasteiger partial charge in [0.1, 0.15) is 22.3 Å². The van der Waals surface area contributed by atoms with Crippen molar-refractivity contribution in [3.8, 4) is 10.6 Å². The fourth-order valence-corrected chi connectivity index (χ4v) is 3.16. The number of aromatic nitrogens is 1. The van der Waals surface area contributed by atoms with Crippen LogP contribution in [0.1, 0.15) is 16.9 Å². The summed E-state index contributed by atoms with van der Waals surface area (Å²) in [5, 5.41) is 7.65. The maximum Gasteiger partial charge on any atom is 0.271 e. The largest absolute Gasteiger partial charge is 0.347 e. The highest BCUT2D eigenvalue weighted by atomic mass is 32.1. The van der Waals surface area contributed by atoms with Crippen LogP contribution in [0.15, 0.2) is 35.2 Å². The number of thiazole rings is 1. The highest BCUT2D eigenvalue weighted by Gasteiger charge is 2.17. The summed E-state index contributed by atoms with van der Waals surface area (Å²) in [6.45, 7) is 2.16. The summed E-state index contributed by atoms with van der Waals surface area (Å²) in [5.74, 6) is -1.72. The molecule has 0 unspecified atom stereocenters. The average Bonchev–Trinajstić information content (AvgIpc) is 3.03. The minimum atomic E-state index is -0.689. The smallest absolute Gasteiger partial charge is 0.271 e. The fourth-order valence-electron chi connectivity index (χ4n) is 2.31. The first-order valence-electron chi connectivity index (χ1n) is 7.22. The van der Waals surface area contributed by atoms with Gasteiger partial charge in [-0.3, -0.25) is 4.79 Å².